The maximum Gasteiger partial charge on any atom is 0.236 e. The first kappa shape index (κ1) is 13.5. The fourth-order valence-corrected chi connectivity index (χ4v) is 2.15. The van der Waals surface area contributed by atoms with Crippen molar-refractivity contribution in [2.75, 3.05) is 13.1 Å². The number of nitrogens with one attached hydrogen (secondary N) is 1. The molecule has 0 aromatic heterocycles. The van der Waals surface area contributed by atoms with Gasteiger partial charge in [0.1, 0.15) is 0 Å². The van der Waals surface area contributed by atoms with Crippen LogP contribution in [-0.2, 0) is 4.79 Å². The maximum absolute atomic E-state index is 12.0. The molecule has 94 valence electrons. The summed E-state index contributed by atoms with van der Waals surface area (Å²) in [7, 11) is 0. The number of carbonyl (C=O) groups is 1. The van der Waals surface area contributed by atoms with Gasteiger partial charge in [0, 0.05) is 18.6 Å². The van der Waals surface area contributed by atoms with Crippen LogP contribution in [-0.4, -0.2) is 36.0 Å². The molecule has 0 aromatic carbocycles. The van der Waals surface area contributed by atoms with E-state index in [0.29, 0.717) is 18.6 Å². The van der Waals surface area contributed by atoms with Crippen LogP contribution in [0.25, 0.3) is 0 Å². The third-order valence-electron chi connectivity index (χ3n) is 3.59. The molecule has 1 saturated heterocycles. The van der Waals surface area contributed by atoms with Gasteiger partial charge in [0.05, 0.1) is 6.54 Å². The maximum atomic E-state index is 12.0. The summed E-state index contributed by atoms with van der Waals surface area (Å²) in [6, 6.07) is 0.861. The zero-order chi connectivity index (χ0) is 12.0. The van der Waals surface area contributed by atoms with Crippen molar-refractivity contribution < 1.29 is 4.79 Å². The van der Waals surface area contributed by atoms with Gasteiger partial charge in [-0.25, -0.2) is 0 Å². The van der Waals surface area contributed by atoms with E-state index in [2.05, 4.69) is 31.0 Å². The molecule has 2 unspecified atom stereocenters. The van der Waals surface area contributed by atoms with Crippen LogP contribution in [0.15, 0.2) is 0 Å². The zero-order valence-electron chi connectivity index (χ0n) is 11.0. The number of amides is 1. The highest BCUT2D eigenvalue weighted by Crippen LogP contribution is 2.16. The highest BCUT2D eigenvalue weighted by molar-refractivity contribution is 5.78. The molecule has 1 rings (SSSR count). The summed E-state index contributed by atoms with van der Waals surface area (Å²) in [5, 5.41) is 3.28. The first-order valence-corrected chi connectivity index (χ1v) is 6.68. The Labute approximate surface area is 99.6 Å². The second-order valence-corrected chi connectivity index (χ2v) is 4.98. The molecule has 16 heavy (non-hydrogen) atoms. The Hall–Kier alpha value is -0.570. The molecule has 0 spiro atoms. The van der Waals surface area contributed by atoms with Crippen LogP contribution in [0.3, 0.4) is 0 Å². The minimum Gasteiger partial charge on any atom is -0.339 e. The summed E-state index contributed by atoms with van der Waals surface area (Å²) < 4.78 is 0. The molecule has 3 heteroatoms. The number of rotatable bonds is 4. The molecule has 1 aliphatic rings. The van der Waals surface area contributed by atoms with Crippen molar-refractivity contribution in [3.63, 3.8) is 0 Å². The quantitative estimate of drug-likeness (QED) is 0.797. The van der Waals surface area contributed by atoms with E-state index < -0.39 is 0 Å². The monoisotopic (exact) mass is 226 g/mol. The second-order valence-electron chi connectivity index (χ2n) is 4.98. The number of nitrogens with zero attached hydrogens (tertiary/aromatic N) is 1. The highest BCUT2D eigenvalue weighted by atomic mass is 16.2. The fourth-order valence-electron chi connectivity index (χ4n) is 2.15. The van der Waals surface area contributed by atoms with E-state index in [1.165, 1.54) is 19.3 Å². The SMILES string of the molecule is CCC(C)NCC(=O)N1CCCCCC1C. The van der Waals surface area contributed by atoms with Gasteiger partial charge in [-0.05, 0) is 33.1 Å². The molecule has 0 aliphatic carbocycles. The average Bonchev–Trinajstić information content (AvgIpc) is 2.50. The van der Waals surface area contributed by atoms with Crippen molar-refractivity contribution in [1.29, 1.82) is 0 Å². The van der Waals surface area contributed by atoms with Gasteiger partial charge in [-0.1, -0.05) is 19.8 Å². The van der Waals surface area contributed by atoms with Crippen LogP contribution in [0.4, 0.5) is 0 Å². The van der Waals surface area contributed by atoms with E-state index in [1.807, 2.05) is 0 Å². The lowest BCUT2D eigenvalue weighted by Crippen LogP contribution is -2.44. The van der Waals surface area contributed by atoms with E-state index in [-0.39, 0.29) is 5.91 Å². The van der Waals surface area contributed by atoms with Crippen LogP contribution in [0.5, 0.6) is 0 Å². The Kier molecular flexibility index (Phi) is 5.81. The standard InChI is InChI=1S/C13H26N2O/c1-4-11(2)14-10-13(16)15-9-7-5-6-8-12(15)3/h11-12,14H,4-10H2,1-3H3. The molecular weight excluding hydrogens is 200 g/mol. The molecule has 0 saturated carbocycles. The van der Waals surface area contributed by atoms with Crippen molar-refractivity contribution in [3.8, 4) is 0 Å². The number of likely N-dealkylation sites (tertiary alicyclic amines) is 1. The number of hydrogen-bond donors (Lipinski definition) is 1. The normalized spacial score (nSPS) is 23.9. The minimum atomic E-state index is 0.273. The molecule has 1 heterocycles. The molecule has 1 N–H and O–H groups in total. The molecular formula is C13H26N2O. The van der Waals surface area contributed by atoms with E-state index in [0.717, 1.165) is 19.4 Å². The summed E-state index contributed by atoms with van der Waals surface area (Å²) >= 11 is 0. The molecule has 1 fully saturated rings. The lowest BCUT2D eigenvalue weighted by molar-refractivity contribution is -0.132. The molecule has 0 aromatic rings. The van der Waals surface area contributed by atoms with E-state index in [9.17, 15) is 4.79 Å². The van der Waals surface area contributed by atoms with E-state index in [4.69, 9.17) is 0 Å². The van der Waals surface area contributed by atoms with Crippen molar-refractivity contribution in [2.24, 2.45) is 0 Å². The molecule has 1 aliphatic heterocycles. The third-order valence-corrected chi connectivity index (χ3v) is 3.59. The van der Waals surface area contributed by atoms with Crippen molar-refractivity contribution >= 4 is 5.91 Å². The van der Waals surface area contributed by atoms with Gasteiger partial charge in [-0.2, -0.15) is 0 Å². The van der Waals surface area contributed by atoms with Gasteiger partial charge >= 0.3 is 0 Å². The van der Waals surface area contributed by atoms with Crippen LogP contribution < -0.4 is 5.32 Å². The lowest BCUT2D eigenvalue weighted by atomic mass is 10.1. The molecule has 2 atom stereocenters. The molecule has 1 amide bonds. The first-order chi connectivity index (χ1) is 7.65. The smallest absolute Gasteiger partial charge is 0.236 e. The molecule has 0 radical (unpaired) electrons. The van der Waals surface area contributed by atoms with E-state index in [1.54, 1.807) is 0 Å². The highest BCUT2D eigenvalue weighted by Gasteiger charge is 2.21. The molecule has 0 bridgehead atoms. The predicted molar refractivity (Wildman–Crippen MR) is 67.4 cm³/mol. The van der Waals surface area contributed by atoms with Gasteiger partial charge in [0.2, 0.25) is 5.91 Å². The fraction of sp³-hybridized carbons (Fsp3) is 0.923. The van der Waals surface area contributed by atoms with E-state index >= 15 is 0 Å². The van der Waals surface area contributed by atoms with Crippen molar-refractivity contribution in [2.45, 2.75) is 65.0 Å². The largest absolute Gasteiger partial charge is 0.339 e. The Balaban J connectivity index is 2.38. The summed E-state index contributed by atoms with van der Waals surface area (Å²) in [5.41, 5.74) is 0. The predicted octanol–water partition coefficient (Wildman–Crippen LogP) is 2.17. The van der Waals surface area contributed by atoms with Gasteiger partial charge in [-0.3, -0.25) is 4.79 Å². The summed E-state index contributed by atoms with van der Waals surface area (Å²) in [5.74, 6) is 0.273. The lowest BCUT2D eigenvalue weighted by Gasteiger charge is -2.28. The van der Waals surface area contributed by atoms with Gasteiger partial charge < -0.3 is 10.2 Å². The first-order valence-electron chi connectivity index (χ1n) is 6.68. The number of hydrogen-bond acceptors (Lipinski definition) is 2. The summed E-state index contributed by atoms with van der Waals surface area (Å²) in [6.07, 6.45) is 5.94. The van der Waals surface area contributed by atoms with Crippen LogP contribution >= 0.6 is 0 Å². The van der Waals surface area contributed by atoms with Gasteiger partial charge in [0.25, 0.3) is 0 Å². The Bertz CT molecular complexity index is 218. The summed E-state index contributed by atoms with van der Waals surface area (Å²) in [4.78, 5) is 14.1. The second kappa shape index (κ2) is 6.89. The molecule has 3 nitrogen and oxygen atoms in total. The van der Waals surface area contributed by atoms with Crippen molar-refractivity contribution in [1.82, 2.24) is 10.2 Å². The number of carbonyl (C=O) groups excluding carboxylic acids is 1. The van der Waals surface area contributed by atoms with Crippen LogP contribution in [0.2, 0.25) is 0 Å². The average molecular weight is 226 g/mol. The van der Waals surface area contributed by atoms with Gasteiger partial charge in [-0.15, -0.1) is 0 Å². The van der Waals surface area contributed by atoms with Gasteiger partial charge in [0.15, 0.2) is 0 Å². The third kappa shape index (κ3) is 4.12. The minimum absolute atomic E-state index is 0.273. The Morgan fingerprint density at radius 2 is 2.19 bits per heavy atom. The Morgan fingerprint density at radius 1 is 1.44 bits per heavy atom. The summed E-state index contributed by atoms with van der Waals surface area (Å²) in [6.45, 7) is 7.88. The zero-order valence-corrected chi connectivity index (χ0v) is 11.0. The van der Waals surface area contributed by atoms with Crippen LogP contribution in [0.1, 0.15) is 52.9 Å². The topological polar surface area (TPSA) is 32.3 Å². The van der Waals surface area contributed by atoms with Crippen molar-refractivity contribution in [3.05, 3.63) is 0 Å². The Morgan fingerprint density at radius 3 is 2.88 bits per heavy atom. The van der Waals surface area contributed by atoms with Crippen LogP contribution in [0, 0.1) is 0 Å².